The van der Waals surface area contributed by atoms with Crippen LogP contribution in [0.1, 0.15) is 24.2 Å². The van der Waals surface area contributed by atoms with Gasteiger partial charge in [0.05, 0.1) is 11.3 Å². The van der Waals surface area contributed by atoms with E-state index in [0.29, 0.717) is 0 Å². The number of aromatic carboxylic acids is 1. The van der Waals surface area contributed by atoms with Gasteiger partial charge in [-0.3, -0.25) is 0 Å². The van der Waals surface area contributed by atoms with Crippen molar-refractivity contribution >= 4 is 23.7 Å². The number of nitrogens with one attached hydrogen (secondary N) is 2. The predicted molar refractivity (Wildman–Crippen MR) is 71.8 cm³/mol. The topological polar surface area (TPSA) is 116 Å². The van der Waals surface area contributed by atoms with Crippen LogP contribution in [-0.4, -0.2) is 34.2 Å². The van der Waals surface area contributed by atoms with E-state index in [1.165, 1.54) is 18.2 Å². The summed E-state index contributed by atoms with van der Waals surface area (Å²) >= 11 is 0. The van der Waals surface area contributed by atoms with Gasteiger partial charge < -0.3 is 20.8 Å². The van der Waals surface area contributed by atoms with Crippen molar-refractivity contribution in [3.63, 3.8) is 0 Å². The van der Waals surface area contributed by atoms with Gasteiger partial charge in [-0.15, -0.1) is 0 Å². The maximum absolute atomic E-state index is 11.7. The van der Waals surface area contributed by atoms with Gasteiger partial charge in [-0.25, -0.2) is 14.4 Å². The zero-order valence-corrected chi connectivity index (χ0v) is 11.1. The van der Waals surface area contributed by atoms with Crippen molar-refractivity contribution in [2.45, 2.75) is 19.9 Å². The molecule has 7 heteroatoms. The Hall–Kier alpha value is -2.57. The van der Waals surface area contributed by atoms with Gasteiger partial charge >= 0.3 is 18.0 Å². The normalized spacial score (nSPS) is 11.8. The molecule has 1 aromatic carbocycles. The molecule has 0 aliphatic carbocycles. The Morgan fingerprint density at radius 2 is 1.70 bits per heavy atom. The fourth-order valence-corrected chi connectivity index (χ4v) is 1.59. The number of rotatable bonds is 5. The first-order valence-corrected chi connectivity index (χ1v) is 5.95. The molecule has 108 valence electrons. The van der Waals surface area contributed by atoms with Crippen LogP contribution in [0.25, 0.3) is 0 Å². The van der Waals surface area contributed by atoms with Gasteiger partial charge in [0.25, 0.3) is 0 Å². The molecule has 0 spiro atoms. The third kappa shape index (κ3) is 3.98. The summed E-state index contributed by atoms with van der Waals surface area (Å²) in [5, 5.41) is 22.6. The molecule has 1 atom stereocenters. The average molecular weight is 280 g/mol. The van der Waals surface area contributed by atoms with Gasteiger partial charge in [-0.1, -0.05) is 26.0 Å². The lowest BCUT2D eigenvalue weighted by molar-refractivity contribution is -0.140. The van der Waals surface area contributed by atoms with Crippen LogP contribution >= 0.6 is 0 Å². The third-order valence-electron chi connectivity index (χ3n) is 2.62. The van der Waals surface area contributed by atoms with Gasteiger partial charge in [0, 0.05) is 0 Å². The zero-order valence-electron chi connectivity index (χ0n) is 11.1. The van der Waals surface area contributed by atoms with Gasteiger partial charge in [0.15, 0.2) is 0 Å². The summed E-state index contributed by atoms with van der Waals surface area (Å²) in [6.45, 7) is 3.31. The number of urea groups is 1. The first-order valence-electron chi connectivity index (χ1n) is 5.95. The molecule has 0 heterocycles. The van der Waals surface area contributed by atoms with E-state index in [1.807, 2.05) is 0 Å². The van der Waals surface area contributed by atoms with Crippen molar-refractivity contribution in [3.05, 3.63) is 29.8 Å². The molecule has 0 aromatic heterocycles. The van der Waals surface area contributed by atoms with Crippen LogP contribution in [0.2, 0.25) is 0 Å². The SMILES string of the molecule is CC(C)C(NC(=O)Nc1ccccc1C(=O)O)C(=O)O. The predicted octanol–water partition coefficient (Wildman–Crippen LogP) is 1.62. The van der Waals surface area contributed by atoms with Crippen molar-refractivity contribution in [2.24, 2.45) is 5.92 Å². The van der Waals surface area contributed by atoms with Crippen LogP contribution < -0.4 is 10.6 Å². The molecule has 0 bridgehead atoms. The molecule has 7 nitrogen and oxygen atoms in total. The minimum Gasteiger partial charge on any atom is -0.480 e. The smallest absolute Gasteiger partial charge is 0.337 e. The number of carbonyl (C=O) groups excluding carboxylic acids is 1. The highest BCUT2D eigenvalue weighted by molar-refractivity contribution is 6.00. The molecule has 0 saturated carbocycles. The molecule has 0 fully saturated rings. The largest absolute Gasteiger partial charge is 0.480 e. The summed E-state index contributed by atoms with van der Waals surface area (Å²) in [6.07, 6.45) is 0. The highest BCUT2D eigenvalue weighted by atomic mass is 16.4. The second kappa shape index (κ2) is 6.55. The molecule has 1 unspecified atom stereocenters. The quantitative estimate of drug-likeness (QED) is 0.654. The summed E-state index contributed by atoms with van der Waals surface area (Å²) in [5.74, 6) is -2.63. The summed E-state index contributed by atoms with van der Waals surface area (Å²) < 4.78 is 0. The van der Waals surface area contributed by atoms with Crippen molar-refractivity contribution < 1.29 is 24.6 Å². The Morgan fingerprint density at radius 1 is 1.10 bits per heavy atom. The number of hydrogen-bond acceptors (Lipinski definition) is 3. The van der Waals surface area contributed by atoms with E-state index in [1.54, 1.807) is 19.9 Å². The number of carboxylic acids is 2. The maximum atomic E-state index is 11.7. The molecular formula is C13H16N2O5. The van der Waals surface area contributed by atoms with Gasteiger partial charge in [-0.05, 0) is 18.1 Å². The third-order valence-corrected chi connectivity index (χ3v) is 2.62. The number of carboxylic acid groups (broad SMARTS) is 2. The lowest BCUT2D eigenvalue weighted by atomic mass is 10.1. The van der Waals surface area contributed by atoms with Crippen LogP contribution in [0.3, 0.4) is 0 Å². The summed E-state index contributed by atoms with van der Waals surface area (Å²) in [7, 11) is 0. The van der Waals surface area contributed by atoms with E-state index in [2.05, 4.69) is 10.6 Å². The molecule has 1 aromatic rings. The second-order valence-electron chi connectivity index (χ2n) is 4.51. The first kappa shape index (κ1) is 15.5. The van der Waals surface area contributed by atoms with Crippen molar-refractivity contribution in [3.8, 4) is 0 Å². The summed E-state index contributed by atoms with van der Waals surface area (Å²) in [4.78, 5) is 33.7. The van der Waals surface area contributed by atoms with Crippen LogP contribution in [0.4, 0.5) is 10.5 Å². The van der Waals surface area contributed by atoms with Gasteiger partial charge in [-0.2, -0.15) is 0 Å². The first-order chi connectivity index (χ1) is 9.32. The fourth-order valence-electron chi connectivity index (χ4n) is 1.59. The maximum Gasteiger partial charge on any atom is 0.337 e. The number of aliphatic carboxylic acids is 1. The van der Waals surface area contributed by atoms with E-state index < -0.39 is 24.0 Å². The number of para-hydroxylation sites is 1. The fraction of sp³-hybridized carbons (Fsp3) is 0.308. The van der Waals surface area contributed by atoms with Crippen molar-refractivity contribution in [2.75, 3.05) is 5.32 Å². The highest BCUT2D eigenvalue weighted by Gasteiger charge is 2.23. The Bertz CT molecular complexity index is 527. The molecule has 0 saturated heterocycles. The zero-order chi connectivity index (χ0) is 15.3. The van der Waals surface area contributed by atoms with Gasteiger partial charge in [0.1, 0.15) is 6.04 Å². The van der Waals surface area contributed by atoms with Crippen LogP contribution in [0.15, 0.2) is 24.3 Å². The average Bonchev–Trinajstić information content (AvgIpc) is 2.35. The molecule has 2 amide bonds. The lowest BCUT2D eigenvalue weighted by Gasteiger charge is -2.18. The summed E-state index contributed by atoms with van der Waals surface area (Å²) in [5.41, 5.74) is 0.0319. The monoisotopic (exact) mass is 280 g/mol. The van der Waals surface area contributed by atoms with Crippen LogP contribution in [0, 0.1) is 5.92 Å². The van der Waals surface area contributed by atoms with E-state index in [4.69, 9.17) is 10.2 Å². The molecule has 0 radical (unpaired) electrons. The minimum atomic E-state index is -1.18. The second-order valence-corrected chi connectivity index (χ2v) is 4.51. The van der Waals surface area contributed by atoms with Crippen LogP contribution in [0.5, 0.6) is 0 Å². The van der Waals surface area contributed by atoms with Gasteiger partial charge in [0.2, 0.25) is 0 Å². The summed E-state index contributed by atoms with van der Waals surface area (Å²) in [6, 6.07) is 4.05. The standard InChI is InChI=1S/C13H16N2O5/c1-7(2)10(12(18)19)15-13(20)14-9-6-4-3-5-8(9)11(16)17/h3-7,10H,1-2H3,(H,16,17)(H,18,19)(H2,14,15,20). The van der Waals surface area contributed by atoms with Crippen molar-refractivity contribution in [1.82, 2.24) is 5.32 Å². The number of carbonyl (C=O) groups is 3. The van der Waals surface area contributed by atoms with E-state index in [0.717, 1.165) is 0 Å². The number of anilines is 1. The lowest BCUT2D eigenvalue weighted by Crippen LogP contribution is -2.46. The van der Waals surface area contributed by atoms with Crippen LogP contribution in [-0.2, 0) is 4.79 Å². The van der Waals surface area contributed by atoms with E-state index in [-0.39, 0.29) is 17.2 Å². The highest BCUT2D eigenvalue weighted by Crippen LogP contribution is 2.14. The molecular weight excluding hydrogens is 264 g/mol. The molecule has 0 aliphatic rings. The number of benzene rings is 1. The Morgan fingerprint density at radius 3 is 2.20 bits per heavy atom. The number of amides is 2. The molecule has 4 N–H and O–H groups in total. The minimum absolute atomic E-state index is 0.0703. The Balaban J connectivity index is 2.81. The van der Waals surface area contributed by atoms with Crippen molar-refractivity contribution in [1.29, 1.82) is 0 Å². The molecule has 20 heavy (non-hydrogen) atoms. The number of hydrogen-bond donors (Lipinski definition) is 4. The molecule has 0 aliphatic heterocycles. The van der Waals surface area contributed by atoms with E-state index in [9.17, 15) is 14.4 Å². The Kier molecular flexibility index (Phi) is 5.08. The Labute approximate surface area is 115 Å². The van der Waals surface area contributed by atoms with E-state index >= 15 is 0 Å². The molecule has 1 rings (SSSR count).